The standard InChI is InChI=1S/C16H12F2N2O3/c1-21-13-5-3-2-4-11(13)16-20-19-15(23-16)9-22-14-7-6-10(17)8-12(14)18/h2-8H,9H2,1H3. The molecule has 0 amide bonds. The predicted molar refractivity (Wildman–Crippen MR) is 77.0 cm³/mol. The van der Waals surface area contributed by atoms with E-state index in [2.05, 4.69) is 10.2 Å². The molecule has 3 rings (SSSR count). The number of nitrogens with zero attached hydrogens (tertiary/aromatic N) is 2. The number of benzene rings is 2. The van der Waals surface area contributed by atoms with Crippen LogP contribution in [0.4, 0.5) is 8.78 Å². The summed E-state index contributed by atoms with van der Waals surface area (Å²) in [5, 5.41) is 7.75. The summed E-state index contributed by atoms with van der Waals surface area (Å²) >= 11 is 0. The van der Waals surface area contributed by atoms with Gasteiger partial charge in [-0.15, -0.1) is 10.2 Å². The molecule has 3 aromatic rings. The summed E-state index contributed by atoms with van der Waals surface area (Å²) in [6.07, 6.45) is 0. The fraction of sp³-hybridized carbons (Fsp3) is 0.125. The molecule has 1 heterocycles. The molecule has 0 unspecified atom stereocenters. The summed E-state index contributed by atoms with van der Waals surface area (Å²) in [5.74, 6) is -0.549. The molecule has 7 heteroatoms. The van der Waals surface area contributed by atoms with E-state index in [1.165, 1.54) is 13.2 Å². The Hall–Kier alpha value is -2.96. The number of hydrogen-bond donors (Lipinski definition) is 0. The molecule has 1 aromatic heterocycles. The number of hydrogen-bond acceptors (Lipinski definition) is 5. The van der Waals surface area contributed by atoms with Crippen LogP contribution < -0.4 is 9.47 Å². The van der Waals surface area contributed by atoms with Gasteiger partial charge in [-0.1, -0.05) is 12.1 Å². The van der Waals surface area contributed by atoms with E-state index in [-0.39, 0.29) is 24.1 Å². The number of rotatable bonds is 5. The molecule has 0 N–H and O–H groups in total. The first-order valence-corrected chi connectivity index (χ1v) is 6.71. The summed E-state index contributed by atoms with van der Waals surface area (Å²) in [7, 11) is 1.54. The SMILES string of the molecule is COc1ccccc1-c1nnc(COc2ccc(F)cc2F)o1. The zero-order valence-corrected chi connectivity index (χ0v) is 12.1. The minimum absolute atomic E-state index is 0.0940. The van der Waals surface area contributed by atoms with Gasteiger partial charge in [0, 0.05) is 6.07 Å². The van der Waals surface area contributed by atoms with E-state index in [1.54, 1.807) is 12.1 Å². The van der Waals surface area contributed by atoms with Crippen LogP contribution in [0, 0.1) is 11.6 Å². The molecule has 0 fully saturated rings. The van der Waals surface area contributed by atoms with Gasteiger partial charge in [0.25, 0.3) is 11.8 Å². The summed E-state index contributed by atoms with van der Waals surface area (Å²) in [6, 6.07) is 10.2. The maximum absolute atomic E-state index is 13.5. The molecule has 0 saturated heterocycles. The summed E-state index contributed by atoms with van der Waals surface area (Å²) in [4.78, 5) is 0. The van der Waals surface area contributed by atoms with Crippen LogP contribution in [-0.2, 0) is 6.61 Å². The molecule has 0 radical (unpaired) electrons. The number of aromatic nitrogens is 2. The lowest BCUT2D eigenvalue weighted by Gasteiger charge is -2.04. The predicted octanol–water partition coefficient (Wildman–Crippen LogP) is 3.60. The second kappa shape index (κ2) is 6.43. The van der Waals surface area contributed by atoms with Gasteiger partial charge in [-0.2, -0.15) is 0 Å². The highest BCUT2D eigenvalue weighted by Crippen LogP contribution is 2.28. The molecule has 0 aliphatic carbocycles. The van der Waals surface area contributed by atoms with E-state index in [4.69, 9.17) is 13.9 Å². The monoisotopic (exact) mass is 318 g/mol. The van der Waals surface area contributed by atoms with E-state index in [0.717, 1.165) is 12.1 Å². The second-order valence-corrected chi connectivity index (χ2v) is 4.56. The van der Waals surface area contributed by atoms with Gasteiger partial charge in [0.1, 0.15) is 11.6 Å². The zero-order valence-electron chi connectivity index (χ0n) is 12.1. The smallest absolute Gasteiger partial charge is 0.254 e. The number of para-hydroxylation sites is 1. The fourth-order valence-electron chi connectivity index (χ4n) is 1.97. The molecule has 0 spiro atoms. The minimum Gasteiger partial charge on any atom is -0.496 e. The van der Waals surface area contributed by atoms with Crippen LogP contribution in [-0.4, -0.2) is 17.3 Å². The molecule has 2 aromatic carbocycles. The summed E-state index contributed by atoms with van der Waals surface area (Å²) < 4.78 is 42.2. The normalized spacial score (nSPS) is 10.6. The van der Waals surface area contributed by atoms with E-state index < -0.39 is 11.6 Å². The van der Waals surface area contributed by atoms with Gasteiger partial charge >= 0.3 is 0 Å². The third-order valence-corrected chi connectivity index (χ3v) is 3.05. The molecule has 23 heavy (non-hydrogen) atoms. The van der Waals surface area contributed by atoms with Crippen molar-refractivity contribution in [3.05, 3.63) is 60.0 Å². The van der Waals surface area contributed by atoms with Crippen LogP contribution in [0.3, 0.4) is 0 Å². The first-order valence-electron chi connectivity index (χ1n) is 6.71. The van der Waals surface area contributed by atoms with E-state index >= 15 is 0 Å². The van der Waals surface area contributed by atoms with Crippen LogP contribution in [0.2, 0.25) is 0 Å². The lowest BCUT2D eigenvalue weighted by atomic mass is 10.2. The largest absolute Gasteiger partial charge is 0.496 e. The quantitative estimate of drug-likeness (QED) is 0.719. The Labute approximate surface area is 130 Å². The van der Waals surface area contributed by atoms with Crippen LogP contribution in [0.15, 0.2) is 46.9 Å². The number of ether oxygens (including phenoxy) is 2. The average Bonchev–Trinajstić information content (AvgIpc) is 3.03. The van der Waals surface area contributed by atoms with Crippen LogP contribution in [0.1, 0.15) is 5.89 Å². The van der Waals surface area contributed by atoms with Gasteiger partial charge in [-0.05, 0) is 24.3 Å². The summed E-state index contributed by atoms with van der Waals surface area (Å²) in [5.41, 5.74) is 0.640. The van der Waals surface area contributed by atoms with Gasteiger partial charge in [0.2, 0.25) is 0 Å². The third kappa shape index (κ3) is 3.28. The van der Waals surface area contributed by atoms with Gasteiger partial charge < -0.3 is 13.9 Å². The molecular formula is C16H12F2N2O3. The van der Waals surface area contributed by atoms with Crippen molar-refractivity contribution < 1.29 is 22.7 Å². The van der Waals surface area contributed by atoms with Crippen molar-refractivity contribution in [1.29, 1.82) is 0 Å². The molecule has 0 atom stereocenters. The lowest BCUT2D eigenvalue weighted by Crippen LogP contribution is -1.98. The van der Waals surface area contributed by atoms with Crippen molar-refractivity contribution in [2.45, 2.75) is 6.61 Å². The zero-order chi connectivity index (χ0) is 16.2. The molecule has 0 saturated carbocycles. The minimum atomic E-state index is -0.797. The Morgan fingerprint density at radius 3 is 2.65 bits per heavy atom. The number of methoxy groups -OCH3 is 1. The maximum atomic E-state index is 13.5. The van der Waals surface area contributed by atoms with E-state index in [1.807, 2.05) is 12.1 Å². The van der Waals surface area contributed by atoms with Crippen molar-refractivity contribution in [2.75, 3.05) is 7.11 Å². The lowest BCUT2D eigenvalue weighted by molar-refractivity contribution is 0.252. The van der Waals surface area contributed by atoms with Crippen molar-refractivity contribution in [3.63, 3.8) is 0 Å². The molecule has 0 bridgehead atoms. The molecule has 0 aliphatic rings. The van der Waals surface area contributed by atoms with Gasteiger partial charge in [-0.3, -0.25) is 0 Å². The van der Waals surface area contributed by atoms with Gasteiger partial charge in [-0.25, -0.2) is 8.78 Å². The number of halogens is 2. The van der Waals surface area contributed by atoms with E-state index in [0.29, 0.717) is 11.3 Å². The Morgan fingerprint density at radius 1 is 1.04 bits per heavy atom. The Morgan fingerprint density at radius 2 is 1.87 bits per heavy atom. The van der Waals surface area contributed by atoms with Crippen molar-refractivity contribution in [2.24, 2.45) is 0 Å². The Kier molecular flexibility index (Phi) is 4.18. The van der Waals surface area contributed by atoms with Crippen molar-refractivity contribution in [1.82, 2.24) is 10.2 Å². The molecule has 5 nitrogen and oxygen atoms in total. The highest BCUT2D eigenvalue weighted by molar-refractivity contribution is 5.62. The molecular weight excluding hydrogens is 306 g/mol. The fourth-order valence-corrected chi connectivity index (χ4v) is 1.97. The first-order chi connectivity index (χ1) is 11.2. The highest BCUT2D eigenvalue weighted by atomic mass is 19.1. The van der Waals surface area contributed by atoms with Gasteiger partial charge in [0.05, 0.1) is 12.7 Å². The van der Waals surface area contributed by atoms with Crippen molar-refractivity contribution >= 4 is 0 Å². The van der Waals surface area contributed by atoms with Crippen molar-refractivity contribution in [3.8, 4) is 23.0 Å². The van der Waals surface area contributed by atoms with E-state index in [9.17, 15) is 8.78 Å². The Balaban J connectivity index is 1.75. The first kappa shape index (κ1) is 15.0. The van der Waals surface area contributed by atoms with Crippen LogP contribution in [0.25, 0.3) is 11.5 Å². The summed E-state index contributed by atoms with van der Waals surface area (Å²) in [6.45, 7) is -0.134. The average molecular weight is 318 g/mol. The van der Waals surface area contributed by atoms with Gasteiger partial charge in [0.15, 0.2) is 18.2 Å². The highest BCUT2D eigenvalue weighted by Gasteiger charge is 2.14. The van der Waals surface area contributed by atoms with Crippen LogP contribution in [0.5, 0.6) is 11.5 Å². The maximum Gasteiger partial charge on any atom is 0.254 e. The topological polar surface area (TPSA) is 57.4 Å². The van der Waals surface area contributed by atoms with Crippen LogP contribution >= 0.6 is 0 Å². The molecule has 0 aliphatic heterocycles. The second-order valence-electron chi connectivity index (χ2n) is 4.56. The Bertz CT molecular complexity index is 821. The third-order valence-electron chi connectivity index (χ3n) is 3.05. The molecule has 118 valence electrons.